The number of halogens is 2. The number of nitrogens with one attached hydrogen (secondary N) is 1. The van der Waals surface area contributed by atoms with Gasteiger partial charge < -0.3 is 10.2 Å². The van der Waals surface area contributed by atoms with Gasteiger partial charge in [-0.25, -0.2) is 8.78 Å². The number of carbonyl (C=O) groups is 1. The van der Waals surface area contributed by atoms with Crippen LogP contribution in [0.25, 0.3) is 0 Å². The summed E-state index contributed by atoms with van der Waals surface area (Å²) >= 11 is 0. The van der Waals surface area contributed by atoms with Crippen LogP contribution in [-0.4, -0.2) is 29.9 Å². The van der Waals surface area contributed by atoms with Crippen LogP contribution < -0.4 is 5.32 Å². The molecular weight excluding hydrogens is 274 g/mol. The van der Waals surface area contributed by atoms with Crippen molar-refractivity contribution in [1.82, 2.24) is 10.2 Å². The molecule has 0 aliphatic heterocycles. The van der Waals surface area contributed by atoms with Crippen LogP contribution in [0.3, 0.4) is 0 Å². The van der Waals surface area contributed by atoms with Crippen molar-refractivity contribution in [3.63, 3.8) is 0 Å². The van der Waals surface area contributed by atoms with E-state index in [1.165, 1.54) is 6.07 Å². The van der Waals surface area contributed by atoms with Crippen LogP contribution in [0, 0.1) is 11.6 Å². The quantitative estimate of drug-likeness (QED) is 0.748. The Morgan fingerprint density at radius 2 is 2.00 bits per heavy atom. The third-order valence-electron chi connectivity index (χ3n) is 3.21. The number of carbonyl (C=O) groups excluding carboxylic acids is 1. The maximum Gasteiger partial charge on any atom is 0.222 e. The predicted molar refractivity (Wildman–Crippen MR) is 79.8 cm³/mol. The Balaban J connectivity index is 2.49. The second-order valence-electron chi connectivity index (χ2n) is 5.37. The highest BCUT2D eigenvalue weighted by Crippen LogP contribution is 2.12. The lowest BCUT2D eigenvalue weighted by Gasteiger charge is -2.21. The summed E-state index contributed by atoms with van der Waals surface area (Å²) < 4.78 is 26.1. The molecule has 0 saturated heterocycles. The minimum Gasteiger partial charge on any atom is -0.339 e. The van der Waals surface area contributed by atoms with Gasteiger partial charge in [-0.2, -0.15) is 0 Å². The number of nitrogens with zero attached hydrogens (tertiary/aromatic N) is 1. The van der Waals surface area contributed by atoms with Gasteiger partial charge in [-0.3, -0.25) is 4.79 Å². The highest BCUT2D eigenvalue weighted by molar-refractivity contribution is 5.76. The molecule has 0 atom stereocenters. The van der Waals surface area contributed by atoms with Crippen molar-refractivity contribution in [3.8, 4) is 0 Å². The van der Waals surface area contributed by atoms with Crippen LogP contribution >= 0.6 is 0 Å². The molecule has 118 valence electrons. The fourth-order valence-electron chi connectivity index (χ4n) is 2.02. The smallest absolute Gasteiger partial charge is 0.222 e. The summed E-state index contributed by atoms with van der Waals surface area (Å²) in [6.45, 7) is 7.66. The third kappa shape index (κ3) is 6.21. The van der Waals surface area contributed by atoms with Crippen molar-refractivity contribution in [2.45, 2.75) is 46.2 Å². The summed E-state index contributed by atoms with van der Waals surface area (Å²) in [5.74, 6) is -1.71. The minimum absolute atomic E-state index is 0.0350. The fraction of sp³-hybridized carbons (Fsp3) is 0.562. The first-order chi connectivity index (χ1) is 9.93. The minimum atomic E-state index is -0.878. The van der Waals surface area contributed by atoms with Crippen LogP contribution in [0.5, 0.6) is 0 Å². The van der Waals surface area contributed by atoms with Gasteiger partial charge in [-0.15, -0.1) is 0 Å². The monoisotopic (exact) mass is 298 g/mol. The molecule has 21 heavy (non-hydrogen) atoms. The molecule has 0 fully saturated rings. The van der Waals surface area contributed by atoms with Crippen LogP contribution in [0.2, 0.25) is 0 Å². The SMILES string of the molecule is CCN(Cc1ccc(F)c(F)c1)C(=O)CCCNC(C)C. The summed E-state index contributed by atoms with van der Waals surface area (Å²) in [4.78, 5) is 13.8. The van der Waals surface area contributed by atoms with Crippen LogP contribution in [0.15, 0.2) is 18.2 Å². The normalized spacial score (nSPS) is 11.0. The zero-order chi connectivity index (χ0) is 15.8. The highest BCUT2D eigenvalue weighted by Gasteiger charge is 2.13. The van der Waals surface area contributed by atoms with E-state index in [1.807, 2.05) is 6.92 Å². The molecule has 0 unspecified atom stereocenters. The zero-order valence-electron chi connectivity index (χ0n) is 13.0. The van der Waals surface area contributed by atoms with Crippen molar-refractivity contribution < 1.29 is 13.6 Å². The van der Waals surface area contributed by atoms with Crippen LogP contribution in [-0.2, 0) is 11.3 Å². The van der Waals surface area contributed by atoms with E-state index < -0.39 is 11.6 Å². The molecule has 5 heteroatoms. The maximum absolute atomic E-state index is 13.2. The van der Waals surface area contributed by atoms with Gasteiger partial charge in [-0.1, -0.05) is 19.9 Å². The number of hydrogen-bond donors (Lipinski definition) is 1. The Labute approximate surface area is 125 Å². The molecular formula is C16H24F2N2O. The largest absolute Gasteiger partial charge is 0.339 e. The summed E-state index contributed by atoms with van der Waals surface area (Å²) in [6.07, 6.45) is 1.22. The van der Waals surface area contributed by atoms with E-state index in [4.69, 9.17) is 0 Å². The lowest BCUT2D eigenvalue weighted by molar-refractivity contribution is -0.131. The summed E-state index contributed by atoms with van der Waals surface area (Å²) in [6, 6.07) is 4.15. The molecule has 0 spiro atoms. The van der Waals surface area contributed by atoms with Crippen molar-refractivity contribution >= 4 is 5.91 Å². The van der Waals surface area contributed by atoms with Crippen LogP contribution in [0.1, 0.15) is 39.2 Å². The van der Waals surface area contributed by atoms with Gasteiger partial charge >= 0.3 is 0 Å². The first kappa shape index (κ1) is 17.6. The number of rotatable bonds is 8. The molecule has 1 amide bonds. The van der Waals surface area contributed by atoms with Gasteiger partial charge in [0, 0.05) is 25.6 Å². The first-order valence-electron chi connectivity index (χ1n) is 7.39. The van der Waals surface area contributed by atoms with Gasteiger partial charge in [0.05, 0.1) is 0 Å². The Morgan fingerprint density at radius 3 is 2.57 bits per heavy atom. The Hall–Kier alpha value is -1.49. The summed E-state index contributed by atoms with van der Waals surface area (Å²) in [5.41, 5.74) is 0.601. The van der Waals surface area contributed by atoms with E-state index in [2.05, 4.69) is 19.2 Å². The van der Waals surface area contributed by atoms with Gasteiger partial charge in [0.2, 0.25) is 5.91 Å². The predicted octanol–water partition coefficient (Wildman–Crippen LogP) is 3.09. The van der Waals surface area contributed by atoms with E-state index in [0.29, 0.717) is 31.1 Å². The van der Waals surface area contributed by atoms with E-state index in [0.717, 1.165) is 25.1 Å². The lowest BCUT2D eigenvalue weighted by atomic mass is 10.2. The van der Waals surface area contributed by atoms with Gasteiger partial charge in [0.25, 0.3) is 0 Å². The van der Waals surface area contributed by atoms with Crippen molar-refractivity contribution in [2.24, 2.45) is 0 Å². The number of amides is 1. The molecule has 1 aromatic rings. The van der Waals surface area contributed by atoms with Gasteiger partial charge in [0.1, 0.15) is 0 Å². The molecule has 0 bridgehead atoms. The Morgan fingerprint density at radius 1 is 1.29 bits per heavy atom. The topological polar surface area (TPSA) is 32.3 Å². The molecule has 0 aliphatic rings. The molecule has 0 heterocycles. The van der Waals surface area contributed by atoms with Gasteiger partial charge in [0.15, 0.2) is 11.6 Å². The van der Waals surface area contributed by atoms with Gasteiger partial charge in [-0.05, 0) is 37.6 Å². The average molecular weight is 298 g/mol. The number of hydrogen-bond acceptors (Lipinski definition) is 2. The van der Waals surface area contributed by atoms with E-state index >= 15 is 0 Å². The lowest BCUT2D eigenvalue weighted by Crippen LogP contribution is -2.31. The highest BCUT2D eigenvalue weighted by atomic mass is 19.2. The zero-order valence-corrected chi connectivity index (χ0v) is 13.0. The second-order valence-corrected chi connectivity index (χ2v) is 5.37. The van der Waals surface area contributed by atoms with Crippen molar-refractivity contribution in [3.05, 3.63) is 35.4 Å². The average Bonchev–Trinajstić information content (AvgIpc) is 2.44. The molecule has 3 nitrogen and oxygen atoms in total. The molecule has 0 aromatic heterocycles. The molecule has 1 aromatic carbocycles. The second kappa shape index (κ2) is 8.72. The van der Waals surface area contributed by atoms with Crippen molar-refractivity contribution in [2.75, 3.05) is 13.1 Å². The molecule has 0 radical (unpaired) electrons. The first-order valence-corrected chi connectivity index (χ1v) is 7.39. The maximum atomic E-state index is 13.2. The van der Waals surface area contributed by atoms with Crippen LogP contribution in [0.4, 0.5) is 8.78 Å². The summed E-state index contributed by atoms with van der Waals surface area (Å²) in [5, 5.41) is 3.26. The van der Waals surface area contributed by atoms with E-state index in [9.17, 15) is 13.6 Å². The van der Waals surface area contributed by atoms with E-state index in [-0.39, 0.29) is 5.91 Å². The number of benzene rings is 1. The molecule has 0 saturated carbocycles. The van der Waals surface area contributed by atoms with E-state index in [1.54, 1.807) is 4.90 Å². The fourth-order valence-corrected chi connectivity index (χ4v) is 2.02. The molecule has 1 N–H and O–H groups in total. The molecule has 0 aliphatic carbocycles. The molecule has 1 rings (SSSR count). The summed E-state index contributed by atoms with van der Waals surface area (Å²) in [7, 11) is 0. The Bertz CT molecular complexity index is 464. The third-order valence-corrected chi connectivity index (χ3v) is 3.21. The Kier molecular flexibility index (Phi) is 7.29. The standard InChI is InChI=1S/C16H24F2N2O/c1-4-20(16(21)6-5-9-19-12(2)3)11-13-7-8-14(17)15(18)10-13/h7-8,10,12,19H,4-6,9,11H2,1-3H3. The van der Waals surface area contributed by atoms with Crippen molar-refractivity contribution in [1.29, 1.82) is 0 Å².